The van der Waals surface area contributed by atoms with Crippen molar-refractivity contribution in [3.63, 3.8) is 0 Å². The smallest absolute Gasteiger partial charge is 0.408 e. The quantitative estimate of drug-likeness (QED) is 0.324. The third-order valence-electron chi connectivity index (χ3n) is 6.93. The van der Waals surface area contributed by atoms with Gasteiger partial charge in [0, 0.05) is 11.7 Å². The topological polar surface area (TPSA) is 108 Å². The maximum absolute atomic E-state index is 14.2. The molecule has 3 amide bonds. The summed E-state index contributed by atoms with van der Waals surface area (Å²) in [5.74, 6) is -0.551. The molecule has 2 aromatic carbocycles. The van der Waals surface area contributed by atoms with Crippen LogP contribution in [0.25, 0.3) is 0 Å². The molecule has 0 radical (unpaired) electrons. The largest absolute Gasteiger partial charge is 0.444 e. The molecule has 3 atom stereocenters. The fourth-order valence-electron chi connectivity index (χ4n) is 4.53. The summed E-state index contributed by atoms with van der Waals surface area (Å²) >= 11 is 0. The van der Waals surface area contributed by atoms with E-state index in [1.165, 1.54) is 4.90 Å². The van der Waals surface area contributed by atoms with Gasteiger partial charge in [0.15, 0.2) is 0 Å². The second kappa shape index (κ2) is 14.3. The number of rotatable bonds is 11. The third-order valence-corrected chi connectivity index (χ3v) is 6.93. The van der Waals surface area contributed by atoms with E-state index in [0.29, 0.717) is 23.6 Å². The van der Waals surface area contributed by atoms with Gasteiger partial charge in [-0.25, -0.2) is 4.79 Å². The van der Waals surface area contributed by atoms with E-state index < -0.39 is 36.3 Å². The number of carbonyl (C=O) groups excluding carboxylic acids is 3. The highest BCUT2D eigenvalue weighted by molar-refractivity contribution is 5.99. The molecule has 40 heavy (non-hydrogen) atoms. The summed E-state index contributed by atoms with van der Waals surface area (Å²) in [5, 5.41) is 15.8. The van der Waals surface area contributed by atoms with Gasteiger partial charge < -0.3 is 25.4 Å². The van der Waals surface area contributed by atoms with E-state index in [9.17, 15) is 19.5 Å². The first-order valence-electron chi connectivity index (χ1n) is 14.0. The van der Waals surface area contributed by atoms with Crippen molar-refractivity contribution in [2.45, 2.75) is 98.9 Å². The number of para-hydroxylation sites is 1. The van der Waals surface area contributed by atoms with Crippen molar-refractivity contribution in [1.29, 1.82) is 0 Å². The van der Waals surface area contributed by atoms with Gasteiger partial charge in [-0.15, -0.1) is 0 Å². The molecule has 220 valence electrons. The van der Waals surface area contributed by atoms with Crippen molar-refractivity contribution < 1.29 is 24.2 Å². The third kappa shape index (κ3) is 9.08. The van der Waals surface area contributed by atoms with E-state index in [0.717, 1.165) is 23.1 Å². The Kier molecular flexibility index (Phi) is 11.7. The molecule has 0 aliphatic carbocycles. The van der Waals surface area contributed by atoms with Crippen LogP contribution in [-0.4, -0.2) is 52.2 Å². The first-order chi connectivity index (χ1) is 18.7. The van der Waals surface area contributed by atoms with Gasteiger partial charge in [0.05, 0.1) is 6.61 Å². The van der Waals surface area contributed by atoms with E-state index in [1.807, 2.05) is 70.2 Å². The Bertz CT molecular complexity index is 1170. The number of aliphatic hydroxyl groups excluding tert-OH is 1. The Morgan fingerprint density at radius 1 is 0.925 bits per heavy atom. The average molecular weight is 554 g/mol. The molecule has 0 heterocycles. The van der Waals surface area contributed by atoms with Crippen molar-refractivity contribution >= 4 is 23.6 Å². The average Bonchev–Trinajstić information content (AvgIpc) is 2.86. The summed E-state index contributed by atoms with van der Waals surface area (Å²) in [6, 6.07) is 10.5. The van der Waals surface area contributed by atoms with Gasteiger partial charge in [-0.1, -0.05) is 50.2 Å². The van der Waals surface area contributed by atoms with Crippen molar-refractivity contribution in [1.82, 2.24) is 10.2 Å². The van der Waals surface area contributed by atoms with E-state index in [2.05, 4.69) is 24.5 Å². The minimum absolute atomic E-state index is 0.373. The number of nitrogens with one attached hydrogen (secondary N) is 2. The van der Waals surface area contributed by atoms with E-state index >= 15 is 0 Å². The molecular weight excluding hydrogens is 506 g/mol. The van der Waals surface area contributed by atoms with Crippen molar-refractivity contribution in [3.05, 3.63) is 64.7 Å². The SMILES string of the molecule is Cc1ccccc1NC(=O)C(c1cccc(C)c1C)N(C(=O)C(CO)NC(=O)OC(C)(C)C)C(C)CCC(C)C. The van der Waals surface area contributed by atoms with E-state index in [-0.39, 0.29) is 11.9 Å². The fraction of sp³-hybridized carbons (Fsp3) is 0.531. The molecule has 8 heteroatoms. The Hall–Kier alpha value is -3.39. The number of nitrogens with zero attached hydrogens (tertiary/aromatic N) is 1. The van der Waals surface area contributed by atoms with Crippen LogP contribution in [0.5, 0.6) is 0 Å². The van der Waals surface area contributed by atoms with Gasteiger partial charge in [0.2, 0.25) is 5.91 Å². The van der Waals surface area contributed by atoms with Gasteiger partial charge in [0.25, 0.3) is 5.91 Å². The van der Waals surface area contributed by atoms with Crippen LogP contribution in [0, 0.1) is 26.7 Å². The number of aliphatic hydroxyl groups is 1. The maximum Gasteiger partial charge on any atom is 0.408 e. The molecule has 0 spiro atoms. The van der Waals surface area contributed by atoms with Crippen molar-refractivity contribution in [2.75, 3.05) is 11.9 Å². The molecular formula is C32H47N3O5. The van der Waals surface area contributed by atoms with Crippen LogP contribution in [0.1, 0.15) is 82.7 Å². The van der Waals surface area contributed by atoms with Crippen LogP contribution in [0.3, 0.4) is 0 Å². The molecule has 0 aliphatic rings. The Balaban J connectivity index is 2.64. The second-order valence-electron chi connectivity index (χ2n) is 11.9. The minimum atomic E-state index is -1.30. The Morgan fingerprint density at radius 2 is 1.55 bits per heavy atom. The number of carbonyl (C=O) groups is 3. The summed E-state index contributed by atoms with van der Waals surface area (Å²) in [4.78, 5) is 42.5. The maximum atomic E-state index is 14.2. The highest BCUT2D eigenvalue weighted by Gasteiger charge is 2.39. The zero-order valence-electron chi connectivity index (χ0n) is 25.5. The second-order valence-corrected chi connectivity index (χ2v) is 11.9. The molecule has 3 N–H and O–H groups in total. The molecule has 0 bridgehead atoms. The number of alkyl carbamates (subject to hydrolysis) is 1. The minimum Gasteiger partial charge on any atom is -0.444 e. The summed E-state index contributed by atoms with van der Waals surface area (Å²) in [7, 11) is 0. The molecule has 8 nitrogen and oxygen atoms in total. The summed E-state index contributed by atoms with van der Waals surface area (Å²) in [5.41, 5.74) is 3.31. The lowest BCUT2D eigenvalue weighted by Crippen LogP contribution is -2.56. The van der Waals surface area contributed by atoms with Crippen LogP contribution in [0.4, 0.5) is 10.5 Å². The monoisotopic (exact) mass is 553 g/mol. The number of aryl methyl sites for hydroxylation is 2. The van der Waals surface area contributed by atoms with Gasteiger partial charge in [0.1, 0.15) is 17.7 Å². The highest BCUT2D eigenvalue weighted by atomic mass is 16.6. The lowest BCUT2D eigenvalue weighted by molar-refractivity contribution is -0.144. The van der Waals surface area contributed by atoms with E-state index in [4.69, 9.17) is 4.74 Å². The number of hydrogen-bond acceptors (Lipinski definition) is 5. The lowest BCUT2D eigenvalue weighted by atomic mass is 9.92. The molecule has 0 saturated heterocycles. The first kappa shape index (κ1) is 32.8. The molecule has 0 aliphatic heterocycles. The zero-order chi connectivity index (χ0) is 30.2. The lowest BCUT2D eigenvalue weighted by Gasteiger charge is -2.39. The summed E-state index contributed by atoms with van der Waals surface area (Å²) < 4.78 is 5.35. The number of hydrogen-bond donors (Lipinski definition) is 3. The highest BCUT2D eigenvalue weighted by Crippen LogP contribution is 2.32. The molecule has 3 unspecified atom stereocenters. The van der Waals surface area contributed by atoms with Crippen LogP contribution < -0.4 is 10.6 Å². The van der Waals surface area contributed by atoms with Gasteiger partial charge in [-0.3, -0.25) is 9.59 Å². The Morgan fingerprint density at radius 3 is 2.12 bits per heavy atom. The summed E-state index contributed by atoms with van der Waals surface area (Å²) in [6.45, 7) is 16.4. The normalized spacial score (nSPS) is 13.8. The predicted octanol–water partition coefficient (Wildman–Crippen LogP) is 5.83. The number of amides is 3. The molecule has 0 fully saturated rings. The number of benzene rings is 2. The van der Waals surface area contributed by atoms with Crippen LogP contribution in [-0.2, 0) is 14.3 Å². The van der Waals surface area contributed by atoms with E-state index in [1.54, 1.807) is 20.8 Å². The Labute approximate surface area is 239 Å². The fourth-order valence-corrected chi connectivity index (χ4v) is 4.53. The first-order valence-corrected chi connectivity index (χ1v) is 14.0. The molecule has 0 saturated carbocycles. The summed E-state index contributed by atoms with van der Waals surface area (Å²) in [6.07, 6.45) is 0.641. The van der Waals surface area contributed by atoms with Gasteiger partial charge in [-0.05, 0) is 95.5 Å². The molecule has 0 aromatic heterocycles. The van der Waals surface area contributed by atoms with Crippen molar-refractivity contribution in [3.8, 4) is 0 Å². The molecule has 2 rings (SSSR count). The number of anilines is 1. The van der Waals surface area contributed by atoms with Crippen molar-refractivity contribution in [2.24, 2.45) is 5.92 Å². The van der Waals surface area contributed by atoms with Gasteiger partial charge in [-0.2, -0.15) is 0 Å². The van der Waals surface area contributed by atoms with Crippen LogP contribution in [0.2, 0.25) is 0 Å². The molecule has 2 aromatic rings. The number of ether oxygens (including phenoxy) is 1. The van der Waals surface area contributed by atoms with Crippen LogP contribution >= 0.6 is 0 Å². The predicted molar refractivity (Wildman–Crippen MR) is 159 cm³/mol. The van der Waals surface area contributed by atoms with Gasteiger partial charge >= 0.3 is 6.09 Å². The zero-order valence-corrected chi connectivity index (χ0v) is 25.5. The standard InChI is InChI=1S/C32H47N3O5/c1-20(2)17-18-23(5)35(30(38)27(19-36)34-31(39)40-32(7,8)9)28(25-15-12-14-21(3)24(25)6)29(37)33-26-16-11-10-13-22(26)4/h10-16,20,23,27-28,36H,17-19H2,1-9H3,(H,33,37)(H,34,39). The van der Waals surface area contributed by atoms with Crippen LogP contribution in [0.15, 0.2) is 42.5 Å².